The monoisotopic (exact) mass is 564 g/mol. The van der Waals surface area contributed by atoms with Gasteiger partial charge in [-0.25, -0.2) is 9.78 Å². The number of rotatable bonds is 7. The molecule has 10 nitrogen and oxygen atoms in total. The fourth-order valence-corrected chi connectivity index (χ4v) is 5.78. The highest BCUT2D eigenvalue weighted by Crippen LogP contribution is 2.38. The molecule has 0 saturated carbocycles. The van der Waals surface area contributed by atoms with Crippen LogP contribution in [0.3, 0.4) is 0 Å². The van der Waals surface area contributed by atoms with E-state index in [1.807, 2.05) is 58.6 Å². The number of aromatic nitrogens is 2. The second kappa shape index (κ2) is 10.9. The van der Waals surface area contributed by atoms with Crippen LogP contribution in [-0.2, 0) is 23.6 Å². The van der Waals surface area contributed by atoms with Crippen molar-refractivity contribution in [2.45, 2.75) is 71.2 Å². The second-order valence-corrected chi connectivity index (χ2v) is 12.6. The summed E-state index contributed by atoms with van der Waals surface area (Å²) in [5, 5.41) is 4.75. The zero-order chi connectivity index (χ0) is 29.7. The molecule has 11 heteroatoms. The molecule has 0 bridgehead atoms. The molecule has 1 aromatic heterocycles. The number of H-pyrrole nitrogens is 1. The summed E-state index contributed by atoms with van der Waals surface area (Å²) < 4.78 is 22.8. The molecule has 0 radical (unpaired) electrons. The number of amides is 2. The van der Waals surface area contributed by atoms with E-state index in [0.29, 0.717) is 19.6 Å². The maximum Gasteiger partial charge on any atom is 0.494 e. The first kappa shape index (κ1) is 29.4. The molecule has 3 unspecified atom stereocenters. The SMILES string of the molecule is COCC1CC(c2nc3c(ccc4cc(B5OC(C)(C)C(C)(C)O5)ccc43)[nH]2)N(C(=O)C(NC(=O)OC)C(C)C)C1. The molecule has 5 rings (SSSR count). The molecule has 0 spiro atoms. The predicted molar refractivity (Wildman–Crippen MR) is 158 cm³/mol. The van der Waals surface area contributed by atoms with Crippen LogP contribution in [0.5, 0.6) is 0 Å². The van der Waals surface area contributed by atoms with Crippen molar-refractivity contribution in [3.63, 3.8) is 0 Å². The Hall–Kier alpha value is -3.15. The smallest absolute Gasteiger partial charge is 0.453 e. The second-order valence-electron chi connectivity index (χ2n) is 12.6. The van der Waals surface area contributed by atoms with E-state index in [1.165, 1.54) is 7.11 Å². The number of aromatic amines is 1. The highest BCUT2D eigenvalue weighted by atomic mass is 16.7. The van der Waals surface area contributed by atoms with Crippen LogP contribution < -0.4 is 10.8 Å². The third kappa shape index (κ3) is 5.42. The van der Waals surface area contributed by atoms with Crippen molar-refractivity contribution in [3.05, 3.63) is 36.2 Å². The Morgan fingerprint density at radius 3 is 2.49 bits per heavy atom. The maximum absolute atomic E-state index is 13.8. The number of likely N-dealkylation sites (tertiary alicyclic amines) is 1. The van der Waals surface area contributed by atoms with Crippen molar-refractivity contribution >= 4 is 46.4 Å². The Morgan fingerprint density at radius 2 is 1.85 bits per heavy atom. The molecule has 2 fully saturated rings. The van der Waals surface area contributed by atoms with E-state index in [1.54, 1.807) is 7.11 Å². The van der Waals surface area contributed by atoms with Crippen molar-refractivity contribution in [1.82, 2.24) is 20.2 Å². The van der Waals surface area contributed by atoms with Crippen molar-refractivity contribution in [1.29, 1.82) is 0 Å². The summed E-state index contributed by atoms with van der Waals surface area (Å²) >= 11 is 0. The molecule has 2 aliphatic rings. The Labute approximate surface area is 241 Å². The van der Waals surface area contributed by atoms with Crippen molar-refractivity contribution in [3.8, 4) is 0 Å². The average molecular weight is 564 g/mol. The molecule has 2 saturated heterocycles. The number of alkyl carbamates (subject to hydrolysis) is 1. The molecule has 2 amide bonds. The number of benzene rings is 2. The topological polar surface area (TPSA) is 115 Å². The Bertz CT molecular complexity index is 1440. The summed E-state index contributed by atoms with van der Waals surface area (Å²) in [6.07, 6.45) is 0.0725. The van der Waals surface area contributed by atoms with Crippen LogP contribution >= 0.6 is 0 Å². The molecule has 3 heterocycles. The van der Waals surface area contributed by atoms with Crippen molar-refractivity contribution < 1.29 is 28.4 Å². The van der Waals surface area contributed by atoms with Gasteiger partial charge in [0.05, 0.1) is 42.0 Å². The lowest BCUT2D eigenvalue weighted by Crippen LogP contribution is -2.51. The summed E-state index contributed by atoms with van der Waals surface area (Å²) in [4.78, 5) is 36.2. The Morgan fingerprint density at radius 1 is 1.15 bits per heavy atom. The molecule has 0 aliphatic carbocycles. The van der Waals surface area contributed by atoms with E-state index in [9.17, 15) is 9.59 Å². The van der Waals surface area contributed by atoms with Gasteiger partial charge in [0, 0.05) is 25.0 Å². The van der Waals surface area contributed by atoms with Gasteiger partial charge in [0.2, 0.25) is 5.91 Å². The molecule has 41 heavy (non-hydrogen) atoms. The minimum absolute atomic E-state index is 0.124. The maximum atomic E-state index is 13.8. The van der Waals surface area contributed by atoms with Crippen LogP contribution in [0.4, 0.5) is 4.79 Å². The van der Waals surface area contributed by atoms with Crippen LogP contribution in [0.2, 0.25) is 0 Å². The number of methoxy groups -OCH3 is 2. The number of nitrogens with one attached hydrogen (secondary N) is 2. The van der Waals surface area contributed by atoms with Gasteiger partial charge >= 0.3 is 13.2 Å². The number of ether oxygens (including phenoxy) is 2. The van der Waals surface area contributed by atoms with Gasteiger partial charge in [-0.3, -0.25) is 4.79 Å². The van der Waals surface area contributed by atoms with Gasteiger partial charge in [-0.2, -0.15) is 0 Å². The van der Waals surface area contributed by atoms with E-state index < -0.39 is 30.5 Å². The number of carbonyl (C=O) groups excluding carboxylic acids is 2. The minimum atomic E-state index is -0.718. The summed E-state index contributed by atoms with van der Waals surface area (Å²) in [5.41, 5.74) is 1.86. The first-order valence-electron chi connectivity index (χ1n) is 14.3. The van der Waals surface area contributed by atoms with Gasteiger partial charge in [-0.1, -0.05) is 38.1 Å². The number of imidazole rings is 1. The highest BCUT2D eigenvalue weighted by molar-refractivity contribution is 6.62. The highest BCUT2D eigenvalue weighted by Gasteiger charge is 2.51. The fourth-order valence-electron chi connectivity index (χ4n) is 5.78. The van der Waals surface area contributed by atoms with E-state index in [0.717, 1.165) is 33.1 Å². The Balaban J connectivity index is 1.47. The molecule has 2 N–H and O–H groups in total. The molecule has 220 valence electrons. The minimum Gasteiger partial charge on any atom is -0.453 e. The van der Waals surface area contributed by atoms with Gasteiger partial charge in [0.25, 0.3) is 0 Å². The van der Waals surface area contributed by atoms with Crippen LogP contribution in [0.15, 0.2) is 30.3 Å². The molecular weight excluding hydrogens is 523 g/mol. The van der Waals surface area contributed by atoms with Crippen molar-refractivity contribution in [2.24, 2.45) is 11.8 Å². The van der Waals surface area contributed by atoms with Gasteiger partial charge < -0.3 is 34.0 Å². The van der Waals surface area contributed by atoms with Crippen molar-refractivity contribution in [2.75, 3.05) is 27.4 Å². The van der Waals surface area contributed by atoms with E-state index in [4.69, 9.17) is 23.8 Å². The number of fused-ring (bicyclic) bond motifs is 3. The quantitative estimate of drug-likeness (QED) is 0.418. The third-order valence-electron chi connectivity index (χ3n) is 8.82. The summed E-state index contributed by atoms with van der Waals surface area (Å²) in [6.45, 7) is 13.0. The molecule has 2 aromatic carbocycles. The van der Waals surface area contributed by atoms with Gasteiger partial charge in [0.15, 0.2) is 0 Å². The molecule has 3 atom stereocenters. The first-order valence-corrected chi connectivity index (χ1v) is 14.3. The van der Waals surface area contributed by atoms with E-state index >= 15 is 0 Å². The fraction of sp³-hybridized carbons (Fsp3) is 0.567. The number of nitrogens with zero attached hydrogens (tertiary/aromatic N) is 2. The zero-order valence-electron chi connectivity index (χ0n) is 25.2. The lowest BCUT2D eigenvalue weighted by Gasteiger charge is -2.32. The molecule has 2 aliphatic heterocycles. The summed E-state index contributed by atoms with van der Waals surface area (Å²) in [7, 11) is 2.51. The average Bonchev–Trinajstić information content (AvgIpc) is 3.59. The van der Waals surface area contributed by atoms with Gasteiger partial charge in [0.1, 0.15) is 11.9 Å². The standard InChI is InChI=1S/C30H41BN4O6/c1-17(2)24(34-28(37)39-8)27(36)35-15-18(16-38-7)13-23(35)26-32-22-12-9-19-14-20(10-11-21(19)25(22)33-26)31-40-29(3,4)30(5,6)41-31/h9-12,14,17-18,23-24H,13,15-16H2,1-8H3,(H,32,33)(H,34,37). The first-order chi connectivity index (χ1) is 19.3. The molecular formula is C30H41BN4O6. The Kier molecular flexibility index (Phi) is 7.82. The largest absolute Gasteiger partial charge is 0.494 e. The number of carbonyl (C=O) groups is 2. The predicted octanol–water partition coefficient (Wildman–Crippen LogP) is 3.93. The third-order valence-corrected chi connectivity index (χ3v) is 8.82. The normalized spacial score (nSPS) is 22.6. The van der Waals surface area contributed by atoms with Gasteiger partial charge in [-0.15, -0.1) is 0 Å². The number of hydrogen-bond donors (Lipinski definition) is 2. The zero-order valence-corrected chi connectivity index (χ0v) is 25.2. The van der Waals surface area contributed by atoms with Crippen LogP contribution in [0, 0.1) is 11.8 Å². The van der Waals surface area contributed by atoms with Gasteiger partial charge in [-0.05, 0) is 56.9 Å². The summed E-state index contributed by atoms with van der Waals surface area (Å²) in [6, 6.07) is 9.27. The van der Waals surface area contributed by atoms with Crippen LogP contribution in [0.1, 0.15) is 59.8 Å². The number of hydrogen-bond acceptors (Lipinski definition) is 7. The summed E-state index contributed by atoms with van der Waals surface area (Å²) in [5.74, 6) is 0.579. The van der Waals surface area contributed by atoms with Crippen LogP contribution in [0.25, 0.3) is 21.8 Å². The molecule has 3 aromatic rings. The van der Waals surface area contributed by atoms with E-state index in [2.05, 4.69) is 28.5 Å². The van der Waals surface area contributed by atoms with Crippen LogP contribution in [-0.4, -0.2) is 78.6 Å². The van der Waals surface area contributed by atoms with E-state index in [-0.39, 0.29) is 23.8 Å². The lowest BCUT2D eigenvalue weighted by atomic mass is 9.78. The lowest BCUT2D eigenvalue weighted by molar-refractivity contribution is -0.135.